The Morgan fingerprint density at radius 2 is 0.774 bits per heavy atom. The van der Waals surface area contributed by atoms with Crippen molar-refractivity contribution in [3.05, 3.63) is 235 Å². The van der Waals surface area contributed by atoms with Crippen LogP contribution in [-0.2, 0) is 5.41 Å². The van der Waals surface area contributed by atoms with Crippen molar-refractivity contribution < 1.29 is 0 Å². The molecule has 0 saturated carbocycles. The fourth-order valence-electron chi connectivity index (χ4n) is 10.3. The van der Waals surface area contributed by atoms with E-state index in [0.29, 0.717) is 17.5 Å². The van der Waals surface area contributed by atoms with Gasteiger partial charge in [0.15, 0.2) is 17.5 Å². The van der Waals surface area contributed by atoms with Crippen LogP contribution in [0, 0.1) is 0 Å². The van der Waals surface area contributed by atoms with Gasteiger partial charge in [-0.2, -0.15) is 0 Å². The van der Waals surface area contributed by atoms with Gasteiger partial charge in [0.2, 0.25) is 0 Å². The van der Waals surface area contributed by atoms with E-state index in [1.807, 2.05) is 29.5 Å². The highest BCUT2D eigenvalue weighted by Crippen LogP contribution is 2.63. The lowest BCUT2D eigenvalue weighted by molar-refractivity contribution is 0.794. The minimum absolute atomic E-state index is 0.396. The maximum Gasteiger partial charge on any atom is 0.164 e. The molecule has 0 N–H and O–H groups in total. The van der Waals surface area contributed by atoms with Crippen molar-refractivity contribution >= 4 is 31.5 Å². The lowest BCUT2D eigenvalue weighted by Crippen LogP contribution is -2.25. The molecule has 0 saturated heterocycles. The summed E-state index contributed by atoms with van der Waals surface area (Å²) in [4.78, 5) is 15.5. The van der Waals surface area contributed by atoms with Crippen LogP contribution in [0.2, 0.25) is 0 Å². The van der Waals surface area contributed by atoms with Gasteiger partial charge in [0.1, 0.15) is 0 Å². The van der Waals surface area contributed by atoms with Crippen molar-refractivity contribution in [1.82, 2.24) is 15.0 Å². The number of hydrogen-bond acceptors (Lipinski definition) is 4. The number of nitrogens with zero attached hydrogens (tertiary/aromatic N) is 3. The SMILES string of the molecule is c1ccc(-c2nc(-c3ccc4sc5ccccc5c4c3)nc(-c3ccccc3-c3cccc(-c4ccc5c(c4)C4(c6ccccc6-c6ccccc64)c4ccccc4-5)c3)n2)cc1. The fraction of sp³-hybridized carbons (Fsp3) is 0.0172. The molecule has 13 rings (SSSR count). The predicted octanol–water partition coefficient (Wildman–Crippen LogP) is 14.9. The van der Waals surface area contributed by atoms with E-state index in [9.17, 15) is 0 Å². The summed E-state index contributed by atoms with van der Waals surface area (Å²) in [5.74, 6) is 1.94. The smallest absolute Gasteiger partial charge is 0.164 e. The van der Waals surface area contributed by atoms with Gasteiger partial charge < -0.3 is 0 Å². The van der Waals surface area contributed by atoms with Crippen molar-refractivity contribution in [2.45, 2.75) is 5.41 Å². The Labute approximate surface area is 363 Å². The molecular weight excluding hydrogens is 771 g/mol. The number of aromatic nitrogens is 3. The van der Waals surface area contributed by atoms with E-state index >= 15 is 0 Å². The largest absolute Gasteiger partial charge is 0.208 e. The zero-order chi connectivity index (χ0) is 40.8. The second-order valence-electron chi connectivity index (χ2n) is 16.3. The standard InChI is InChI=1S/C58H35N3S/c1-2-15-36(16-3-1)55-59-56(40-30-32-54-48(34-40)46-23-9-13-28-53(46)62-54)61-57(60-55)47-24-5-4-19-41(47)39-18-14-17-37(33-39)38-29-31-45-44-22-8-12-27-51(44)58(52(45)35-38)49-25-10-6-20-42(49)43-21-7-11-26-50(43)58/h1-35H. The van der Waals surface area contributed by atoms with Crippen LogP contribution >= 0.6 is 11.3 Å². The third kappa shape index (κ3) is 5.14. The summed E-state index contributed by atoms with van der Waals surface area (Å²) in [5, 5.41) is 2.46. The molecular formula is C58H35N3S. The Hall–Kier alpha value is -7.79. The number of thiophene rings is 1. The van der Waals surface area contributed by atoms with E-state index in [1.165, 1.54) is 70.2 Å². The minimum atomic E-state index is -0.396. The third-order valence-electron chi connectivity index (χ3n) is 13.0. The summed E-state index contributed by atoms with van der Waals surface area (Å²) < 4.78 is 2.52. The molecule has 0 bridgehead atoms. The summed E-state index contributed by atoms with van der Waals surface area (Å²) in [6.45, 7) is 0. The molecule has 1 spiro atoms. The first-order valence-electron chi connectivity index (χ1n) is 21.1. The maximum atomic E-state index is 5.26. The van der Waals surface area contributed by atoms with Crippen LogP contribution in [-0.4, -0.2) is 15.0 Å². The quantitative estimate of drug-likeness (QED) is 0.174. The molecule has 2 aromatic heterocycles. The number of fused-ring (bicyclic) bond motifs is 13. The Kier molecular flexibility index (Phi) is 7.69. The molecule has 0 amide bonds. The lowest BCUT2D eigenvalue weighted by atomic mass is 9.70. The zero-order valence-corrected chi connectivity index (χ0v) is 34.3. The first kappa shape index (κ1) is 35.0. The Morgan fingerprint density at radius 1 is 0.274 bits per heavy atom. The number of benzene rings is 9. The second kappa shape index (κ2) is 13.6. The van der Waals surface area contributed by atoms with E-state index in [-0.39, 0.29) is 0 Å². The Morgan fingerprint density at radius 3 is 1.50 bits per heavy atom. The molecule has 0 atom stereocenters. The Balaban J connectivity index is 0.955. The maximum absolute atomic E-state index is 5.26. The van der Waals surface area contributed by atoms with Crippen LogP contribution in [0.5, 0.6) is 0 Å². The van der Waals surface area contributed by atoms with Crippen molar-refractivity contribution in [2.24, 2.45) is 0 Å². The van der Waals surface area contributed by atoms with Crippen LogP contribution in [0.4, 0.5) is 0 Å². The summed E-state index contributed by atoms with van der Waals surface area (Å²) >= 11 is 1.81. The van der Waals surface area contributed by atoms with E-state index < -0.39 is 5.41 Å². The molecule has 2 aliphatic carbocycles. The molecule has 0 fully saturated rings. The summed E-state index contributed by atoms with van der Waals surface area (Å²) in [6.07, 6.45) is 0. The average molecular weight is 806 g/mol. The molecule has 0 radical (unpaired) electrons. The van der Waals surface area contributed by atoms with Crippen LogP contribution in [0.15, 0.2) is 212 Å². The van der Waals surface area contributed by atoms with Crippen LogP contribution < -0.4 is 0 Å². The monoisotopic (exact) mass is 805 g/mol. The van der Waals surface area contributed by atoms with Crippen LogP contribution in [0.3, 0.4) is 0 Å². The molecule has 288 valence electrons. The highest BCUT2D eigenvalue weighted by atomic mass is 32.1. The fourth-order valence-corrected chi connectivity index (χ4v) is 11.4. The topological polar surface area (TPSA) is 38.7 Å². The molecule has 0 aliphatic heterocycles. The first-order chi connectivity index (χ1) is 30.7. The van der Waals surface area contributed by atoms with E-state index in [4.69, 9.17) is 15.0 Å². The molecule has 3 nitrogen and oxygen atoms in total. The summed E-state index contributed by atoms with van der Waals surface area (Å²) in [7, 11) is 0. The van der Waals surface area contributed by atoms with Gasteiger partial charge in [-0.05, 0) is 103 Å². The third-order valence-corrected chi connectivity index (χ3v) is 14.1. The van der Waals surface area contributed by atoms with Crippen molar-refractivity contribution in [1.29, 1.82) is 0 Å². The van der Waals surface area contributed by atoms with Gasteiger partial charge >= 0.3 is 0 Å². The highest BCUT2D eigenvalue weighted by Gasteiger charge is 2.51. The second-order valence-corrected chi connectivity index (χ2v) is 17.3. The predicted molar refractivity (Wildman–Crippen MR) is 256 cm³/mol. The van der Waals surface area contributed by atoms with E-state index in [0.717, 1.165) is 33.4 Å². The van der Waals surface area contributed by atoms with Crippen molar-refractivity contribution in [3.8, 4) is 78.7 Å². The van der Waals surface area contributed by atoms with Gasteiger partial charge in [0.05, 0.1) is 5.41 Å². The molecule has 9 aromatic carbocycles. The summed E-state index contributed by atoms with van der Waals surface area (Å²) in [5.41, 5.74) is 17.6. The van der Waals surface area contributed by atoms with Gasteiger partial charge in [-0.25, -0.2) is 15.0 Å². The Bertz CT molecular complexity index is 3540. The van der Waals surface area contributed by atoms with E-state index in [2.05, 4.69) is 194 Å². The number of hydrogen-bond donors (Lipinski definition) is 0. The lowest BCUT2D eigenvalue weighted by Gasteiger charge is -2.30. The van der Waals surface area contributed by atoms with Crippen LogP contribution in [0.25, 0.3) is 98.8 Å². The summed E-state index contributed by atoms with van der Waals surface area (Å²) in [6, 6.07) is 76.9. The highest BCUT2D eigenvalue weighted by molar-refractivity contribution is 7.25. The van der Waals surface area contributed by atoms with Gasteiger partial charge in [0, 0.05) is 36.9 Å². The van der Waals surface area contributed by atoms with Crippen molar-refractivity contribution in [2.75, 3.05) is 0 Å². The molecule has 4 heteroatoms. The van der Waals surface area contributed by atoms with Gasteiger partial charge in [-0.1, -0.05) is 176 Å². The van der Waals surface area contributed by atoms with E-state index in [1.54, 1.807) is 0 Å². The molecule has 62 heavy (non-hydrogen) atoms. The molecule has 2 aliphatic rings. The van der Waals surface area contributed by atoms with Gasteiger partial charge in [-0.15, -0.1) is 11.3 Å². The van der Waals surface area contributed by atoms with Crippen LogP contribution in [0.1, 0.15) is 22.3 Å². The van der Waals surface area contributed by atoms with Gasteiger partial charge in [0.25, 0.3) is 0 Å². The average Bonchev–Trinajstić information content (AvgIpc) is 3.98. The molecule has 0 unspecified atom stereocenters. The van der Waals surface area contributed by atoms with Gasteiger partial charge in [-0.3, -0.25) is 0 Å². The molecule has 11 aromatic rings. The first-order valence-corrected chi connectivity index (χ1v) is 21.9. The zero-order valence-electron chi connectivity index (χ0n) is 33.5. The normalized spacial score (nSPS) is 13.0. The number of rotatable bonds is 5. The minimum Gasteiger partial charge on any atom is -0.208 e. The van der Waals surface area contributed by atoms with Crippen molar-refractivity contribution in [3.63, 3.8) is 0 Å². The molecule has 2 heterocycles.